The standard InChI is InChI=1S/C21H26N6O6S/c1-31-11-4-9-22-15-7-8-17(20-14(15)5-3-6-16(20)23-10-12-32-2)24-25-21-18(27(28)29)13-19(34-21)26-33-30/h3,5-8,13,22-23,26,30H,4,9-12H2,1-2H3. The molecule has 3 rings (SSSR count). The van der Waals surface area contributed by atoms with Crippen LogP contribution in [-0.4, -0.2) is 50.7 Å². The van der Waals surface area contributed by atoms with Crippen LogP contribution in [0.4, 0.5) is 32.8 Å². The van der Waals surface area contributed by atoms with Crippen molar-refractivity contribution in [1.82, 2.24) is 0 Å². The lowest BCUT2D eigenvalue weighted by Gasteiger charge is -2.15. The van der Waals surface area contributed by atoms with Crippen LogP contribution >= 0.6 is 11.3 Å². The number of nitrogens with one attached hydrogen (secondary N) is 3. The molecule has 0 saturated heterocycles. The number of rotatable bonds is 14. The molecule has 34 heavy (non-hydrogen) atoms. The lowest BCUT2D eigenvalue weighted by Crippen LogP contribution is -2.08. The molecule has 0 amide bonds. The zero-order chi connectivity index (χ0) is 24.3. The van der Waals surface area contributed by atoms with Crippen molar-refractivity contribution in [2.24, 2.45) is 10.2 Å². The molecule has 2 aromatic carbocycles. The van der Waals surface area contributed by atoms with E-state index in [2.05, 4.69) is 31.3 Å². The van der Waals surface area contributed by atoms with Gasteiger partial charge in [-0.05, 0) is 24.6 Å². The van der Waals surface area contributed by atoms with Crippen LogP contribution < -0.4 is 16.1 Å². The van der Waals surface area contributed by atoms with Gasteiger partial charge in [-0.2, -0.15) is 0 Å². The molecule has 1 aromatic heterocycles. The van der Waals surface area contributed by atoms with E-state index in [0.717, 1.165) is 46.4 Å². The zero-order valence-corrected chi connectivity index (χ0v) is 19.6. The number of thiophene rings is 1. The number of methoxy groups -OCH3 is 2. The van der Waals surface area contributed by atoms with E-state index >= 15 is 0 Å². The summed E-state index contributed by atoms with van der Waals surface area (Å²) in [6.45, 7) is 2.49. The Labute approximate surface area is 199 Å². The molecule has 0 atom stereocenters. The fourth-order valence-corrected chi connectivity index (χ4v) is 4.05. The van der Waals surface area contributed by atoms with Gasteiger partial charge in [-0.3, -0.25) is 10.1 Å². The van der Waals surface area contributed by atoms with Crippen LogP contribution in [0, 0.1) is 10.1 Å². The molecule has 0 aliphatic carbocycles. The van der Waals surface area contributed by atoms with Crippen LogP contribution in [0.25, 0.3) is 10.8 Å². The topological polar surface area (TPSA) is 152 Å². The van der Waals surface area contributed by atoms with E-state index < -0.39 is 4.92 Å². The fraction of sp³-hybridized carbons (Fsp3) is 0.333. The number of fused-ring (bicyclic) bond motifs is 1. The second kappa shape index (κ2) is 12.8. The van der Waals surface area contributed by atoms with Gasteiger partial charge in [-0.25, -0.2) is 10.7 Å². The Morgan fingerprint density at radius 2 is 1.85 bits per heavy atom. The zero-order valence-electron chi connectivity index (χ0n) is 18.7. The molecule has 182 valence electrons. The summed E-state index contributed by atoms with van der Waals surface area (Å²) in [5.74, 6) is 0. The molecular formula is C21H26N6O6S. The first-order valence-corrected chi connectivity index (χ1v) is 11.2. The number of benzene rings is 2. The van der Waals surface area contributed by atoms with Gasteiger partial charge in [0.1, 0.15) is 5.00 Å². The van der Waals surface area contributed by atoms with Crippen molar-refractivity contribution in [3.05, 3.63) is 46.5 Å². The lowest BCUT2D eigenvalue weighted by atomic mass is 10.0. The van der Waals surface area contributed by atoms with Crippen LogP contribution in [-0.2, 0) is 14.5 Å². The third kappa shape index (κ3) is 6.36. The molecular weight excluding hydrogens is 464 g/mol. The smallest absolute Gasteiger partial charge is 0.310 e. The maximum atomic E-state index is 11.4. The van der Waals surface area contributed by atoms with E-state index in [1.807, 2.05) is 24.3 Å². The molecule has 0 aliphatic heterocycles. The van der Waals surface area contributed by atoms with Crippen LogP contribution in [0.2, 0.25) is 0 Å². The monoisotopic (exact) mass is 490 g/mol. The van der Waals surface area contributed by atoms with Crippen molar-refractivity contribution in [2.75, 3.05) is 56.6 Å². The highest BCUT2D eigenvalue weighted by Gasteiger charge is 2.20. The van der Waals surface area contributed by atoms with Gasteiger partial charge >= 0.3 is 5.69 Å². The van der Waals surface area contributed by atoms with Crippen molar-refractivity contribution in [3.63, 3.8) is 0 Å². The summed E-state index contributed by atoms with van der Waals surface area (Å²) in [5, 5.41) is 37.2. The second-order valence-corrected chi connectivity index (χ2v) is 8.04. The Morgan fingerprint density at radius 3 is 2.59 bits per heavy atom. The Hall–Kier alpha value is -3.36. The van der Waals surface area contributed by atoms with Crippen LogP contribution in [0.1, 0.15) is 6.42 Å². The average molecular weight is 491 g/mol. The number of nitrogens with zero attached hydrogens (tertiary/aromatic N) is 3. The molecule has 0 radical (unpaired) electrons. The van der Waals surface area contributed by atoms with Gasteiger partial charge in [0.15, 0.2) is 0 Å². The summed E-state index contributed by atoms with van der Waals surface area (Å²) in [5.41, 5.74) is 4.19. The van der Waals surface area contributed by atoms with Crippen molar-refractivity contribution in [3.8, 4) is 0 Å². The van der Waals surface area contributed by atoms with Crippen molar-refractivity contribution >= 4 is 54.9 Å². The van der Waals surface area contributed by atoms with E-state index in [9.17, 15) is 10.1 Å². The number of ether oxygens (including phenoxy) is 2. The average Bonchev–Trinajstić information content (AvgIpc) is 3.24. The quantitative estimate of drug-likeness (QED) is 0.0749. The van der Waals surface area contributed by atoms with Gasteiger partial charge in [0.2, 0.25) is 5.00 Å². The fourth-order valence-electron chi connectivity index (χ4n) is 3.27. The first-order chi connectivity index (χ1) is 16.6. The van der Waals surface area contributed by atoms with E-state index in [-0.39, 0.29) is 15.7 Å². The minimum absolute atomic E-state index is 0.0595. The highest BCUT2D eigenvalue weighted by Crippen LogP contribution is 2.43. The van der Waals surface area contributed by atoms with Crippen LogP contribution in [0.15, 0.2) is 46.6 Å². The van der Waals surface area contributed by atoms with Gasteiger partial charge < -0.3 is 20.1 Å². The van der Waals surface area contributed by atoms with Gasteiger partial charge in [0.25, 0.3) is 0 Å². The summed E-state index contributed by atoms with van der Waals surface area (Å²) in [7, 11) is 3.30. The van der Waals surface area contributed by atoms with Crippen LogP contribution in [0.3, 0.4) is 0 Å². The Morgan fingerprint density at radius 1 is 1.06 bits per heavy atom. The van der Waals surface area contributed by atoms with Crippen molar-refractivity contribution in [2.45, 2.75) is 6.42 Å². The second-order valence-electron chi connectivity index (χ2n) is 7.00. The first kappa shape index (κ1) is 25.3. The Kier molecular flexibility index (Phi) is 9.49. The molecule has 0 unspecified atom stereocenters. The van der Waals surface area contributed by atoms with E-state index in [0.29, 0.717) is 25.4 Å². The molecule has 3 aromatic rings. The van der Waals surface area contributed by atoms with E-state index in [1.54, 1.807) is 20.3 Å². The third-order valence-corrected chi connectivity index (χ3v) is 5.67. The molecule has 12 nitrogen and oxygen atoms in total. The summed E-state index contributed by atoms with van der Waals surface area (Å²) in [6, 6.07) is 10.8. The lowest BCUT2D eigenvalue weighted by molar-refractivity contribution is -0.383. The van der Waals surface area contributed by atoms with Crippen LogP contribution in [0.5, 0.6) is 0 Å². The first-order valence-electron chi connectivity index (χ1n) is 10.4. The molecule has 0 saturated carbocycles. The Bertz CT molecular complexity index is 1140. The summed E-state index contributed by atoms with van der Waals surface area (Å²) < 4.78 is 10.3. The van der Waals surface area contributed by atoms with Gasteiger partial charge in [0, 0.05) is 56.1 Å². The van der Waals surface area contributed by atoms with Crippen molar-refractivity contribution < 1.29 is 24.6 Å². The highest BCUT2D eigenvalue weighted by atomic mass is 32.1. The molecule has 13 heteroatoms. The predicted octanol–water partition coefficient (Wildman–Crippen LogP) is 5.55. The number of azo groups is 1. The number of anilines is 3. The maximum Gasteiger partial charge on any atom is 0.310 e. The number of hydrogen-bond donors (Lipinski definition) is 4. The predicted molar refractivity (Wildman–Crippen MR) is 132 cm³/mol. The largest absolute Gasteiger partial charge is 0.385 e. The number of nitro groups is 1. The third-order valence-electron chi connectivity index (χ3n) is 4.77. The van der Waals surface area contributed by atoms with Crippen molar-refractivity contribution in [1.29, 1.82) is 0 Å². The normalized spacial score (nSPS) is 11.3. The summed E-state index contributed by atoms with van der Waals surface area (Å²) >= 11 is 0.922. The maximum absolute atomic E-state index is 11.4. The SMILES string of the molecule is COCCCNc1ccc(N=Nc2sc(NOO)cc2[N+](=O)[O-])c2c(NCCOC)cccc12. The highest BCUT2D eigenvalue weighted by molar-refractivity contribution is 7.20. The molecule has 1 heterocycles. The van der Waals surface area contributed by atoms with Gasteiger partial charge in [-0.1, -0.05) is 23.5 Å². The van der Waals surface area contributed by atoms with Gasteiger partial charge in [0.05, 0.1) is 23.3 Å². The molecule has 0 spiro atoms. The van der Waals surface area contributed by atoms with Gasteiger partial charge in [-0.15, -0.1) is 15.2 Å². The minimum Gasteiger partial charge on any atom is -0.385 e. The summed E-state index contributed by atoms with van der Waals surface area (Å²) in [4.78, 5) is 14.7. The molecule has 0 aliphatic rings. The number of hydrogen-bond acceptors (Lipinski definition) is 12. The van der Waals surface area contributed by atoms with E-state index in [4.69, 9.17) is 14.7 Å². The Balaban J connectivity index is 2.01. The minimum atomic E-state index is -0.573. The van der Waals surface area contributed by atoms with E-state index in [1.165, 1.54) is 6.07 Å². The molecule has 0 bridgehead atoms. The summed E-state index contributed by atoms with van der Waals surface area (Å²) in [6.07, 6.45) is 0.848. The molecule has 4 N–H and O–H groups in total. The molecule has 0 fully saturated rings.